The first kappa shape index (κ1) is 28.1. The van der Waals surface area contributed by atoms with Gasteiger partial charge in [-0.05, 0) is 60.2 Å². The van der Waals surface area contributed by atoms with Crippen LogP contribution >= 0.6 is 0 Å². The number of rotatable bonds is 6. The highest BCUT2D eigenvalue weighted by Crippen LogP contribution is 2.52. The molecular formula is C46H34N2. The lowest BCUT2D eigenvalue weighted by atomic mass is 9.92. The topological polar surface area (TPSA) is 6.48 Å². The van der Waals surface area contributed by atoms with Crippen molar-refractivity contribution in [1.82, 2.24) is 0 Å². The lowest BCUT2D eigenvalue weighted by molar-refractivity contribution is 0.984. The average molecular weight is 615 g/mol. The molecule has 48 heavy (non-hydrogen) atoms. The summed E-state index contributed by atoms with van der Waals surface area (Å²) >= 11 is 0. The fourth-order valence-corrected chi connectivity index (χ4v) is 7.54. The zero-order valence-corrected chi connectivity index (χ0v) is 26.6. The van der Waals surface area contributed by atoms with E-state index in [1.54, 1.807) is 0 Å². The molecule has 1 aliphatic rings. The van der Waals surface area contributed by atoms with Crippen molar-refractivity contribution in [3.8, 4) is 0 Å². The molecule has 0 aliphatic heterocycles. The molecular weight excluding hydrogens is 581 g/mol. The molecule has 0 amide bonds. The van der Waals surface area contributed by atoms with E-state index in [-0.39, 0.29) is 0 Å². The van der Waals surface area contributed by atoms with Gasteiger partial charge in [0.05, 0.1) is 22.7 Å². The summed E-state index contributed by atoms with van der Waals surface area (Å²) in [4.78, 5) is 4.96. The molecule has 8 aromatic carbocycles. The Bertz CT molecular complexity index is 2400. The Hall–Kier alpha value is -6.12. The number of aryl methyl sites for hydroxylation is 1. The van der Waals surface area contributed by atoms with Crippen molar-refractivity contribution in [1.29, 1.82) is 0 Å². The molecule has 0 N–H and O–H groups in total. The third-order valence-electron chi connectivity index (χ3n) is 9.64. The van der Waals surface area contributed by atoms with Gasteiger partial charge in [0.15, 0.2) is 0 Å². The lowest BCUT2D eigenvalue weighted by Gasteiger charge is -2.34. The minimum Gasteiger partial charge on any atom is -0.309 e. The van der Waals surface area contributed by atoms with Crippen molar-refractivity contribution < 1.29 is 0 Å². The fraction of sp³-hybridized carbons (Fsp3) is 0.0435. The fourth-order valence-electron chi connectivity index (χ4n) is 7.54. The first-order chi connectivity index (χ1) is 23.9. The summed E-state index contributed by atoms with van der Waals surface area (Å²) in [7, 11) is 0. The summed E-state index contributed by atoms with van der Waals surface area (Å²) in [5.41, 5.74) is 9.68. The van der Waals surface area contributed by atoms with Gasteiger partial charge in [-0.3, -0.25) is 0 Å². The van der Waals surface area contributed by atoms with Gasteiger partial charge >= 0.3 is 0 Å². The smallest absolute Gasteiger partial charge is 0.0620 e. The highest BCUT2D eigenvalue weighted by Gasteiger charge is 2.27. The first-order valence-electron chi connectivity index (χ1n) is 16.8. The molecule has 0 saturated heterocycles. The van der Waals surface area contributed by atoms with E-state index in [1.165, 1.54) is 60.5 Å². The van der Waals surface area contributed by atoms with Gasteiger partial charge in [0.2, 0.25) is 0 Å². The van der Waals surface area contributed by atoms with Crippen LogP contribution in [0.15, 0.2) is 176 Å². The molecule has 0 spiro atoms. The minimum atomic E-state index is 1.06. The van der Waals surface area contributed by atoms with E-state index in [9.17, 15) is 0 Å². The van der Waals surface area contributed by atoms with Crippen molar-refractivity contribution in [2.45, 2.75) is 12.8 Å². The third kappa shape index (κ3) is 4.65. The standard InChI is InChI=1S/C46H34N2/c1-3-21-35(22-4-1)47(43-31-15-19-33-17-7-9-25-37(33)43)45-39-27-11-13-29-41(39)46(42-30-14-12-28-40(42)45)48(36-23-5-2-6-24-36)44-32-16-20-34-18-8-10-26-38(34)44/h1-7,9-17,19-32H,8,18H2. The van der Waals surface area contributed by atoms with Gasteiger partial charge in [0.25, 0.3) is 0 Å². The van der Waals surface area contributed by atoms with Crippen LogP contribution in [0.5, 0.6) is 0 Å². The Morgan fingerprint density at radius 3 is 1.44 bits per heavy atom. The maximum Gasteiger partial charge on any atom is 0.0620 e. The molecule has 0 radical (unpaired) electrons. The predicted molar refractivity (Wildman–Crippen MR) is 206 cm³/mol. The molecule has 0 aromatic heterocycles. The van der Waals surface area contributed by atoms with Crippen LogP contribution in [0.2, 0.25) is 0 Å². The second kappa shape index (κ2) is 11.9. The Balaban J connectivity index is 1.42. The number of para-hydroxylation sites is 2. The Morgan fingerprint density at radius 1 is 0.375 bits per heavy atom. The number of allylic oxidation sites excluding steroid dienone is 1. The molecule has 228 valence electrons. The maximum absolute atomic E-state index is 2.49. The monoisotopic (exact) mass is 614 g/mol. The molecule has 0 saturated carbocycles. The maximum atomic E-state index is 2.49. The van der Waals surface area contributed by atoms with Crippen molar-refractivity contribution in [3.05, 3.63) is 187 Å². The van der Waals surface area contributed by atoms with Gasteiger partial charge in [-0.1, -0.05) is 146 Å². The first-order valence-corrected chi connectivity index (χ1v) is 16.8. The largest absolute Gasteiger partial charge is 0.309 e. The zero-order chi connectivity index (χ0) is 31.9. The minimum absolute atomic E-state index is 1.06. The average Bonchev–Trinajstić information content (AvgIpc) is 3.17. The van der Waals surface area contributed by atoms with Gasteiger partial charge in [-0.2, -0.15) is 0 Å². The molecule has 9 rings (SSSR count). The Kier molecular flexibility index (Phi) is 6.98. The molecule has 8 aromatic rings. The summed E-state index contributed by atoms with van der Waals surface area (Å²) in [5.74, 6) is 0. The van der Waals surface area contributed by atoms with Crippen LogP contribution in [0, 0.1) is 0 Å². The molecule has 0 atom stereocenters. The van der Waals surface area contributed by atoms with Crippen LogP contribution in [-0.2, 0) is 6.42 Å². The van der Waals surface area contributed by atoms with Crippen molar-refractivity contribution >= 4 is 72.5 Å². The Labute approximate surface area is 281 Å². The van der Waals surface area contributed by atoms with Crippen molar-refractivity contribution in [2.75, 3.05) is 9.80 Å². The SMILES string of the molecule is C1=Cc2c(cccc2N(c2ccccc2)c2c3ccccc3c(N(c3ccccc3)c3cccc4ccccc34)c3ccccc23)CC1. The van der Waals surface area contributed by atoms with E-state index >= 15 is 0 Å². The second-order valence-corrected chi connectivity index (χ2v) is 12.4. The summed E-state index contributed by atoms with van der Waals surface area (Å²) < 4.78 is 0. The predicted octanol–water partition coefficient (Wildman–Crippen LogP) is 13.0. The summed E-state index contributed by atoms with van der Waals surface area (Å²) in [6.07, 6.45) is 6.77. The van der Waals surface area contributed by atoms with Crippen LogP contribution in [0.3, 0.4) is 0 Å². The van der Waals surface area contributed by atoms with E-state index in [1.807, 2.05) is 0 Å². The van der Waals surface area contributed by atoms with E-state index in [4.69, 9.17) is 0 Å². The number of anilines is 6. The Morgan fingerprint density at radius 2 is 0.833 bits per heavy atom. The number of nitrogens with zero attached hydrogens (tertiary/aromatic N) is 2. The molecule has 1 aliphatic carbocycles. The molecule has 0 heterocycles. The normalized spacial score (nSPS) is 12.3. The van der Waals surface area contributed by atoms with E-state index in [0.717, 1.165) is 29.9 Å². The molecule has 2 heteroatoms. The van der Waals surface area contributed by atoms with Crippen molar-refractivity contribution in [2.24, 2.45) is 0 Å². The molecule has 0 fully saturated rings. The second-order valence-electron chi connectivity index (χ2n) is 12.4. The highest BCUT2D eigenvalue weighted by molar-refractivity contribution is 6.24. The van der Waals surface area contributed by atoms with E-state index in [0.29, 0.717) is 0 Å². The lowest BCUT2D eigenvalue weighted by Crippen LogP contribution is -2.16. The summed E-state index contributed by atoms with van der Waals surface area (Å²) in [6.45, 7) is 0. The molecule has 0 unspecified atom stereocenters. The highest BCUT2D eigenvalue weighted by atomic mass is 15.2. The van der Waals surface area contributed by atoms with Crippen LogP contribution in [0.25, 0.3) is 38.4 Å². The van der Waals surface area contributed by atoms with Crippen LogP contribution in [0.1, 0.15) is 17.5 Å². The summed E-state index contributed by atoms with van der Waals surface area (Å²) in [5, 5.41) is 7.24. The quantitative estimate of drug-likeness (QED) is 0.136. The number of hydrogen-bond acceptors (Lipinski definition) is 2. The van der Waals surface area contributed by atoms with Gasteiger partial charge in [0, 0.05) is 43.9 Å². The number of fused-ring (bicyclic) bond motifs is 4. The van der Waals surface area contributed by atoms with Crippen LogP contribution < -0.4 is 9.80 Å². The van der Waals surface area contributed by atoms with E-state index < -0.39 is 0 Å². The molecule has 2 nitrogen and oxygen atoms in total. The third-order valence-corrected chi connectivity index (χ3v) is 9.64. The van der Waals surface area contributed by atoms with Crippen LogP contribution in [0.4, 0.5) is 34.1 Å². The summed E-state index contributed by atoms with van der Waals surface area (Å²) in [6, 6.07) is 61.7. The molecule has 0 bridgehead atoms. The number of hydrogen-bond donors (Lipinski definition) is 0. The van der Waals surface area contributed by atoms with E-state index in [2.05, 4.69) is 192 Å². The van der Waals surface area contributed by atoms with Gasteiger partial charge < -0.3 is 9.80 Å². The van der Waals surface area contributed by atoms with Gasteiger partial charge in [0.1, 0.15) is 0 Å². The van der Waals surface area contributed by atoms with Gasteiger partial charge in [-0.15, -0.1) is 0 Å². The van der Waals surface area contributed by atoms with Crippen LogP contribution in [-0.4, -0.2) is 0 Å². The zero-order valence-electron chi connectivity index (χ0n) is 26.6. The van der Waals surface area contributed by atoms with Gasteiger partial charge in [-0.25, -0.2) is 0 Å². The van der Waals surface area contributed by atoms with Crippen molar-refractivity contribution in [3.63, 3.8) is 0 Å². The number of benzene rings is 8.